The van der Waals surface area contributed by atoms with Crippen molar-refractivity contribution in [3.63, 3.8) is 0 Å². The molecule has 134 valence electrons. The molecule has 1 N–H and O–H groups in total. The van der Waals surface area contributed by atoms with Gasteiger partial charge in [0.05, 0.1) is 13.7 Å². The fourth-order valence-electron chi connectivity index (χ4n) is 3.15. The highest BCUT2D eigenvalue weighted by atomic mass is 16.5. The molecule has 0 unspecified atom stereocenters. The average molecular weight is 333 g/mol. The van der Waals surface area contributed by atoms with Crippen molar-refractivity contribution in [2.75, 3.05) is 52.9 Å². The Morgan fingerprint density at radius 3 is 2.50 bits per heavy atom. The molecule has 0 aromatic heterocycles. The Bertz CT molecular complexity index is 511. The van der Waals surface area contributed by atoms with Gasteiger partial charge in [-0.2, -0.15) is 0 Å². The summed E-state index contributed by atoms with van der Waals surface area (Å²) in [6.45, 7) is 10.9. The number of methoxy groups -OCH3 is 1. The molecule has 0 radical (unpaired) electrons. The number of ether oxygens (including phenoxy) is 1. The number of hydrogen-bond donors (Lipinski definition) is 1. The molecule has 1 aromatic rings. The lowest BCUT2D eigenvalue weighted by Gasteiger charge is -2.35. The maximum Gasteiger partial charge on any atom is 0.234 e. The minimum Gasteiger partial charge on any atom is -0.496 e. The van der Waals surface area contributed by atoms with Crippen LogP contribution < -0.4 is 10.1 Å². The summed E-state index contributed by atoms with van der Waals surface area (Å²) < 4.78 is 5.34. The molecule has 0 aliphatic carbocycles. The number of amides is 1. The number of carbonyl (C=O) groups is 1. The molecule has 1 saturated heterocycles. The number of rotatable bonds is 8. The molecule has 1 aliphatic heterocycles. The molecule has 5 nitrogen and oxygen atoms in total. The van der Waals surface area contributed by atoms with Crippen molar-refractivity contribution in [2.45, 2.75) is 20.3 Å². The number of hydrogen-bond acceptors (Lipinski definition) is 4. The second-order valence-corrected chi connectivity index (χ2v) is 6.88. The third-order valence-electron chi connectivity index (χ3n) is 4.36. The van der Waals surface area contributed by atoms with Gasteiger partial charge in [-0.1, -0.05) is 32.0 Å². The highest BCUT2D eigenvalue weighted by molar-refractivity contribution is 5.78. The Morgan fingerprint density at radius 2 is 1.83 bits per heavy atom. The Balaban J connectivity index is 1.65. The van der Waals surface area contributed by atoms with Gasteiger partial charge in [-0.15, -0.1) is 0 Å². The van der Waals surface area contributed by atoms with E-state index in [1.807, 2.05) is 24.3 Å². The van der Waals surface area contributed by atoms with E-state index >= 15 is 0 Å². The normalized spacial score (nSPS) is 16.3. The quantitative estimate of drug-likeness (QED) is 0.785. The van der Waals surface area contributed by atoms with Crippen LogP contribution in [-0.4, -0.2) is 68.6 Å². The summed E-state index contributed by atoms with van der Waals surface area (Å²) >= 11 is 0. The van der Waals surface area contributed by atoms with E-state index in [9.17, 15) is 4.79 Å². The zero-order chi connectivity index (χ0) is 17.4. The van der Waals surface area contributed by atoms with Crippen LogP contribution in [0, 0.1) is 5.92 Å². The zero-order valence-electron chi connectivity index (χ0n) is 15.3. The first-order chi connectivity index (χ1) is 11.6. The van der Waals surface area contributed by atoms with Crippen LogP contribution in [0.25, 0.3) is 0 Å². The van der Waals surface area contributed by atoms with Crippen molar-refractivity contribution in [1.82, 2.24) is 15.1 Å². The molecule has 1 aromatic carbocycles. The van der Waals surface area contributed by atoms with Crippen molar-refractivity contribution >= 4 is 5.91 Å². The van der Waals surface area contributed by atoms with Gasteiger partial charge in [-0.25, -0.2) is 0 Å². The molecule has 0 bridgehead atoms. The Labute approximate surface area is 146 Å². The molecule has 2 rings (SSSR count). The maximum atomic E-state index is 12.1. The maximum absolute atomic E-state index is 12.1. The lowest BCUT2D eigenvalue weighted by molar-refractivity contribution is -0.122. The first-order valence-electron chi connectivity index (χ1n) is 8.91. The fourth-order valence-corrected chi connectivity index (χ4v) is 3.15. The van der Waals surface area contributed by atoms with Gasteiger partial charge in [0.15, 0.2) is 0 Å². The second kappa shape index (κ2) is 9.64. The summed E-state index contributed by atoms with van der Waals surface area (Å²) in [5.74, 6) is 1.70. The second-order valence-electron chi connectivity index (χ2n) is 6.88. The molecule has 24 heavy (non-hydrogen) atoms. The Hall–Kier alpha value is -1.59. The van der Waals surface area contributed by atoms with Crippen LogP contribution in [0.4, 0.5) is 0 Å². The molecule has 1 aliphatic rings. The first kappa shape index (κ1) is 18.7. The van der Waals surface area contributed by atoms with Crippen LogP contribution in [0.2, 0.25) is 0 Å². The van der Waals surface area contributed by atoms with E-state index in [0.29, 0.717) is 19.0 Å². The fraction of sp³-hybridized carbons (Fsp3) is 0.632. The van der Waals surface area contributed by atoms with Crippen LogP contribution in [0.3, 0.4) is 0 Å². The van der Waals surface area contributed by atoms with E-state index in [0.717, 1.165) is 50.5 Å². The van der Waals surface area contributed by atoms with Crippen molar-refractivity contribution in [3.8, 4) is 5.75 Å². The summed E-state index contributed by atoms with van der Waals surface area (Å²) in [7, 11) is 1.68. The van der Waals surface area contributed by atoms with Crippen molar-refractivity contribution < 1.29 is 9.53 Å². The van der Waals surface area contributed by atoms with Gasteiger partial charge in [0.1, 0.15) is 5.75 Å². The molecular weight excluding hydrogens is 302 g/mol. The first-order valence-corrected chi connectivity index (χ1v) is 8.91. The minimum atomic E-state index is 0.113. The summed E-state index contributed by atoms with van der Waals surface area (Å²) in [6, 6.07) is 7.95. The van der Waals surface area contributed by atoms with Gasteiger partial charge in [-0.3, -0.25) is 9.69 Å². The SMILES string of the molecule is COc1ccccc1CCNC(=O)CN1CCN(CC(C)C)CC1. The largest absolute Gasteiger partial charge is 0.496 e. The molecular formula is C19H31N3O2. The van der Waals surface area contributed by atoms with Gasteiger partial charge in [0.25, 0.3) is 0 Å². The van der Waals surface area contributed by atoms with E-state index in [1.54, 1.807) is 7.11 Å². The number of para-hydroxylation sites is 1. The molecule has 1 amide bonds. The Morgan fingerprint density at radius 1 is 1.17 bits per heavy atom. The molecule has 0 saturated carbocycles. The molecule has 1 heterocycles. The number of nitrogens with one attached hydrogen (secondary N) is 1. The predicted octanol–water partition coefficient (Wildman–Crippen LogP) is 1.63. The highest BCUT2D eigenvalue weighted by Gasteiger charge is 2.19. The standard InChI is InChI=1S/C19H31N3O2/c1-16(2)14-21-10-12-22(13-11-21)15-19(23)20-9-8-17-6-4-5-7-18(17)24-3/h4-7,16H,8-15H2,1-3H3,(H,20,23). The molecule has 5 heteroatoms. The van der Waals surface area contributed by atoms with Gasteiger partial charge >= 0.3 is 0 Å². The monoisotopic (exact) mass is 333 g/mol. The van der Waals surface area contributed by atoms with Gasteiger partial charge < -0.3 is 15.0 Å². The topological polar surface area (TPSA) is 44.8 Å². The number of benzene rings is 1. The lowest BCUT2D eigenvalue weighted by Crippen LogP contribution is -2.50. The smallest absolute Gasteiger partial charge is 0.234 e. The molecule has 1 fully saturated rings. The third kappa shape index (κ3) is 6.13. The lowest BCUT2D eigenvalue weighted by atomic mass is 10.1. The Kier molecular flexibility index (Phi) is 7.53. The summed E-state index contributed by atoms with van der Waals surface area (Å²) in [6.07, 6.45) is 0.790. The van der Waals surface area contributed by atoms with E-state index in [4.69, 9.17) is 4.74 Å². The van der Waals surface area contributed by atoms with Crippen LogP contribution in [-0.2, 0) is 11.2 Å². The van der Waals surface area contributed by atoms with E-state index in [-0.39, 0.29) is 5.91 Å². The summed E-state index contributed by atoms with van der Waals surface area (Å²) in [4.78, 5) is 16.8. The van der Waals surface area contributed by atoms with Crippen LogP contribution in [0.1, 0.15) is 19.4 Å². The van der Waals surface area contributed by atoms with E-state index in [1.165, 1.54) is 0 Å². The highest BCUT2D eigenvalue weighted by Crippen LogP contribution is 2.17. The van der Waals surface area contributed by atoms with Gasteiger partial charge in [0, 0.05) is 39.3 Å². The third-order valence-corrected chi connectivity index (χ3v) is 4.36. The van der Waals surface area contributed by atoms with Gasteiger partial charge in [0.2, 0.25) is 5.91 Å². The van der Waals surface area contributed by atoms with E-state index in [2.05, 4.69) is 29.0 Å². The van der Waals surface area contributed by atoms with Crippen molar-refractivity contribution in [3.05, 3.63) is 29.8 Å². The van der Waals surface area contributed by atoms with Crippen LogP contribution >= 0.6 is 0 Å². The molecule has 0 spiro atoms. The van der Waals surface area contributed by atoms with Crippen molar-refractivity contribution in [1.29, 1.82) is 0 Å². The van der Waals surface area contributed by atoms with Crippen LogP contribution in [0.15, 0.2) is 24.3 Å². The average Bonchev–Trinajstić information content (AvgIpc) is 2.56. The van der Waals surface area contributed by atoms with E-state index < -0.39 is 0 Å². The summed E-state index contributed by atoms with van der Waals surface area (Å²) in [5, 5.41) is 3.02. The number of piperazine rings is 1. The van der Waals surface area contributed by atoms with Crippen molar-refractivity contribution in [2.24, 2.45) is 5.92 Å². The minimum absolute atomic E-state index is 0.113. The summed E-state index contributed by atoms with van der Waals surface area (Å²) in [5.41, 5.74) is 1.13. The zero-order valence-corrected chi connectivity index (χ0v) is 15.3. The predicted molar refractivity (Wildman–Crippen MR) is 97.4 cm³/mol. The van der Waals surface area contributed by atoms with Gasteiger partial charge in [-0.05, 0) is 24.0 Å². The number of nitrogens with zero attached hydrogens (tertiary/aromatic N) is 2. The van der Waals surface area contributed by atoms with Crippen LogP contribution in [0.5, 0.6) is 5.75 Å². The number of carbonyl (C=O) groups excluding carboxylic acids is 1. The molecule has 0 atom stereocenters.